The lowest BCUT2D eigenvalue weighted by Gasteiger charge is -2.30. The summed E-state index contributed by atoms with van der Waals surface area (Å²) in [4.78, 5) is 13.3. The third-order valence-corrected chi connectivity index (χ3v) is 1.90. The summed E-state index contributed by atoms with van der Waals surface area (Å²) in [6.07, 6.45) is 0.442. The van der Waals surface area contributed by atoms with Crippen molar-refractivity contribution in [3.05, 3.63) is 0 Å². The maximum absolute atomic E-state index is 11.5. The largest absolute Gasteiger partial charge is 0.338 e. The van der Waals surface area contributed by atoms with Crippen molar-refractivity contribution in [2.45, 2.75) is 46.2 Å². The molecule has 0 aliphatic heterocycles. The second-order valence-corrected chi connectivity index (χ2v) is 3.81. The normalized spacial score (nSPS) is 10.9. The quantitative estimate of drug-likeness (QED) is 0.625. The minimum Gasteiger partial charge on any atom is -0.338 e. The van der Waals surface area contributed by atoms with Crippen LogP contribution < -0.4 is 0 Å². The molecular formula is C9H18ClNO. The van der Waals surface area contributed by atoms with Crippen LogP contribution >= 0.6 is 11.6 Å². The highest BCUT2D eigenvalue weighted by Crippen LogP contribution is 2.07. The Morgan fingerprint density at radius 1 is 1.25 bits per heavy atom. The third-order valence-electron chi connectivity index (χ3n) is 1.71. The molecular weight excluding hydrogens is 174 g/mol. The summed E-state index contributed by atoms with van der Waals surface area (Å²) in [7, 11) is 0. The van der Waals surface area contributed by atoms with Gasteiger partial charge in [-0.15, -0.1) is 11.6 Å². The molecule has 0 aromatic rings. The number of rotatable bonds is 4. The first-order valence-electron chi connectivity index (χ1n) is 4.37. The number of hydrogen-bond acceptors (Lipinski definition) is 1. The second kappa shape index (κ2) is 5.41. The van der Waals surface area contributed by atoms with E-state index in [1.807, 2.05) is 32.6 Å². The Kier molecular flexibility index (Phi) is 5.31. The Hall–Kier alpha value is -0.240. The van der Waals surface area contributed by atoms with Crippen LogP contribution in [0.5, 0.6) is 0 Å². The summed E-state index contributed by atoms with van der Waals surface area (Å²) >= 11 is 5.50. The van der Waals surface area contributed by atoms with E-state index < -0.39 is 0 Å². The van der Waals surface area contributed by atoms with Crippen molar-refractivity contribution in [3.8, 4) is 0 Å². The molecule has 0 spiro atoms. The van der Waals surface area contributed by atoms with Gasteiger partial charge in [-0.3, -0.25) is 4.79 Å². The molecule has 0 radical (unpaired) electrons. The topological polar surface area (TPSA) is 20.3 Å². The molecule has 0 bridgehead atoms. The number of amides is 1. The van der Waals surface area contributed by atoms with Crippen LogP contribution in [0.4, 0.5) is 0 Å². The van der Waals surface area contributed by atoms with Crippen LogP contribution in [0, 0.1) is 0 Å². The highest BCUT2D eigenvalue weighted by Gasteiger charge is 2.18. The Bertz CT molecular complexity index is 137. The fourth-order valence-electron chi connectivity index (χ4n) is 1.38. The Morgan fingerprint density at radius 3 is 1.92 bits per heavy atom. The standard InChI is InChI=1S/C9H18ClNO/c1-7(2)11(8(3)4)9(12)5-6-10/h7-8H,5-6H2,1-4H3. The highest BCUT2D eigenvalue weighted by atomic mass is 35.5. The average molecular weight is 192 g/mol. The zero-order valence-corrected chi connectivity index (χ0v) is 9.06. The monoisotopic (exact) mass is 191 g/mol. The Morgan fingerprint density at radius 2 is 1.67 bits per heavy atom. The van der Waals surface area contributed by atoms with E-state index >= 15 is 0 Å². The summed E-state index contributed by atoms with van der Waals surface area (Å²) in [5.74, 6) is 0.560. The van der Waals surface area contributed by atoms with Gasteiger partial charge in [0, 0.05) is 24.4 Å². The maximum Gasteiger partial charge on any atom is 0.224 e. The third kappa shape index (κ3) is 3.44. The van der Waals surface area contributed by atoms with Crippen molar-refractivity contribution in [1.29, 1.82) is 0 Å². The molecule has 0 atom stereocenters. The first-order chi connectivity index (χ1) is 5.50. The van der Waals surface area contributed by atoms with Gasteiger partial charge in [-0.1, -0.05) is 0 Å². The molecule has 0 heterocycles. The molecule has 0 saturated heterocycles. The predicted molar refractivity (Wildman–Crippen MR) is 52.5 cm³/mol. The van der Waals surface area contributed by atoms with Crippen molar-refractivity contribution in [3.63, 3.8) is 0 Å². The van der Waals surface area contributed by atoms with Crippen LogP contribution in [0.3, 0.4) is 0 Å². The Labute approximate surface area is 79.9 Å². The lowest BCUT2D eigenvalue weighted by molar-refractivity contribution is -0.134. The minimum atomic E-state index is 0.148. The van der Waals surface area contributed by atoms with Gasteiger partial charge in [0.25, 0.3) is 0 Å². The smallest absolute Gasteiger partial charge is 0.224 e. The molecule has 0 aromatic heterocycles. The number of halogens is 1. The Balaban J connectivity index is 4.20. The molecule has 0 unspecified atom stereocenters. The van der Waals surface area contributed by atoms with Gasteiger partial charge < -0.3 is 4.90 Å². The van der Waals surface area contributed by atoms with E-state index in [1.165, 1.54) is 0 Å². The molecule has 72 valence electrons. The molecule has 0 fully saturated rings. The van der Waals surface area contributed by atoms with Crippen LogP contribution in [-0.2, 0) is 4.79 Å². The van der Waals surface area contributed by atoms with Crippen LogP contribution in [0.15, 0.2) is 0 Å². The molecule has 0 saturated carbocycles. The fraction of sp³-hybridized carbons (Fsp3) is 0.889. The van der Waals surface area contributed by atoms with Gasteiger partial charge in [-0.25, -0.2) is 0 Å². The molecule has 0 rings (SSSR count). The van der Waals surface area contributed by atoms with Gasteiger partial charge in [0.15, 0.2) is 0 Å². The van der Waals surface area contributed by atoms with Gasteiger partial charge >= 0.3 is 0 Å². The molecule has 3 heteroatoms. The van der Waals surface area contributed by atoms with Gasteiger partial charge in [-0.2, -0.15) is 0 Å². The van der Waals surface area contributed by atoms with Crippen molar-refractivity contribution < 1.29 is 4.79 Å². The summed E-state index contributed by atoms with van der Waals surface area (Å²) < 4.78 is 0. The second-order valence-electron chi connectivity index (χ2n) is 3.43. The number of nitrogens with zero attached hydrogens (tertiary/aromatic N) is 1. The molecule has 0 aliphatic carbocycles. The summed E-state index contributed by atoms with van der Waals surface area (Å²) in [6.45, 7) is 8.08. The van der Waals surface area contributed by atoms with Crippen molar-refractivity contribution >= 4 is 17.5 Å². The van der Waals surface area contributed by atoms with Gasteiger partial charge in [-0.05, 0) is 27.7 Å². The van der Waals surface area contributed by atoms with Crippen molar-refractivity contribution in [2.75, 3.05) is 5.88 Å². The fourth-order valence-corrected chi connectivity index (χ4v) is 1.54. The van der Waals surface area contributed by atoms with Crippen LogP contribution in [0.25, 0.3) is 0 Å². The maximum atomic E-state index is 11.5. The highest BCUT2D eigenvalue weighted by molar-refractivity contribution is 6.18. The van der Waals surface area contributed by atoms with E-state index in [-0.39, 0.29) is 18.0 Å². The number of carbonyl (C=O) groups is 1. The molecule has 0 aromatic carbocycles. The van der Waals surface area contributed by atoms with E-state index in [9.17, 15) is 4.79 Å². The molecule has 0 N–H and O–H groups in total. The summed E-state index contributed by atoms with van der Waals surface area (Å²) in [5, 5.41) is 0. The van der Waals surface area contributed by atoms with Gasteiger partial charge in [0.2, 0.25) is 5.91 Å². The van der Waals surface area contributed by atoms with Crippen LogP contribution in [0.2, 0.25) is 0 Å². The average Bonchev–Trinajstić information content (AvgIpc) is 1.85. The number of alkyl halides is 1. The van der Waals surface area contributed by atoms with Crippen molar-refractivity contribution in [1.82, 2.24) is 4.90 Å². The van der Waals surface area contributed by atoms with E-state index in [1.54, 1.807) is 0 Å². The lowest BCUT2D eigenvalue weighted by Crippen LogP contribution is -2.42. The zero-order valence-electron chi connectivity index (χ0n) is 8.30. The van der Waals surface area contributed by atoms with E-state index in [0.717, 1.165) is 0 Å². The van der Waals surface area contributed by atoms with Crippen molar-refractivity contribution in [2.24, 2.45) is 0 Å². The lowest BCUT2D eigenvalue weighted by atomic mass is 10.2. The minimum absolute atomic E-state index is 0.148. The van der Waals surface area contributed by atoms with Crippen LogP contribution in [0.1, 0.15) is 34.1 Å². The molecule has 1 amide bonds. The SMILES string of the molecule is CC(C)N(C(=O)CCCl)C(C)C. The predicted octanol–water partition coefficient (Wildman–Crippen LogP) is 2.26. The zero-order chi connectivity index (χ0) is 9.72. The van der Waals surface area contributed by atoms with E-state index in [2.05, 4.69) is 0 Å². The van der Waals surface area contributed by atoms with Crippen LogP contribution in [-0.4, -0.2) is 28.8 Å². The van der Waals surface area contributed by atoms with Gasteiger partial charge in [0.1, 0.15) is 0 Å². The van der Waals surface area contributed by atoms with E-state index in [0.29, 0.717) is 12.3 Å². The first kappa shape index (κ1) is 11.8. The first-order valence-corrected chi connectivity index (χ1v) is 4.91. The number of hydrogen-bond donors (Lipinski definition) is 0. The summed E-state index contributed by atoms with van der Waals surface area (Å²) in [5.41, 5.74) is 0. The molecule has 2 nitrogen and oxygen atoms in total. The number of carbonyl (C=O) groups excluding carboxylic acids is 1. The molecule has 0 aliphatic rings. The van der Waals surface area contributed by atoms with Gasteiger partial charge in [0.05, 0.1) is 0 Å². The molecule has 12 heavy (non-hydrogen) atoms. The van der Waals surface area contributed by atoms with E-state index in [4.69, 9.17) is 11.6 Å². The summed E-state index contributed by atoms with van der Waals surface area (Å²) in [6, 6.07) is 0.529.